The van der Waals surface area contributed by atoms with Crippen LogP contribution in [-0.2, 0) is 13.6 Å². The van der Waals surface area contributed by atoms with E-state index in [1.807, 2.05) is 11.7 Å². The van der Waals surface area contributed by atoms with E-state index in [1.54, 1.807) is 6.33 Å². The molecular formula is C11H20N4S. The second-order valence-corrected chi connectivity index (χ2v) is 5.73. The van der Waals surface area contributed by atoms with Crippen LogP contribution >= 0.6 is 11.8 Å². The third-order valence-corrected chi connectivity index (χ3v) is 4.49. The molecule has 90 valence electrons. The molecular weight excluding hydrogens is 220 g/mol. The SMILES string of the molecule is CCSC1CCCC1NCc1ncnn1C. The van der Waals surface area contributed by atoms with E-state index in [9.17, 15) is 0 Å². The Balaban J connectivity index is 1.83. The van der Waals surface area contributed by atoms with E-state index in [2.05, 4.69) is 34.1 Å². The molecule has 1 aliphatic carbocycles. The minimum atomic E-state index is 0.654. The zero-order valence-electron chi connectivity index (χ0n) is 10.0. The predicted octanol–water partition coefficient (Wildman–Crippen LogP) is 1.58. The van der Waals surface area contributed by atoms with Gasteiger partial charge in [-0.3, -0.25) is 4.68 Å². The Kier molecular flexibility index (Phi) is 4.23. The Hall–Kier alpha value is -0.550. The fourth-order valence-corrected chi connectivity index (χ4v) is 3.50. The molecule has 1 aliphatic rings. The smallest absolute Gasteiger partial charge is 0.140 e. The molecule has 1 heterocycles. The summed E-state index contributed by atoms with van der Waals surface area (Å²) in [6, 6.07) is 0.654. The quantitative estimate of drug-likeness (QED) is 0.848. The molecule has 2 atom stereocenters. The van der Waals surface area contributed by atoms with Gasteiger partial charge in [0, 0.05) is 18.3 Å². The van der Waals surface area contributed by atoms with Crippen molar-refractivity contribution in [2.24, 2.45) is 7.05 Å². The summed E-state index contributed by atoms with van der Waals surface area (Å²) in [5.41, 5.74) is 0. The molecule has 1 saturated carbocycles. The lowest BCUT2D eigenvalue weighted by Gasteiger charge is -2.19. The van der Waals surface area contributed by atoms with E-state index in [1.165, 1.54) is 25.0 Å². The van der Waals surface area contributed by atoms with Crippen LogP contribution in [0.4, 0.5) is 0 Å². The van der Waals surface area contributed by atoms with Gasteiger partial charge < -0.3 is 5.32 Å². The molecule has 0 amide bonds. The van der Waals surface area contributed by atoms with Gasteiger partial charge in [0.1, 0.15) is 12.2 Å². The summed E-state index contributed by atoms with van der Waals surface area (Å²) in [6.07, 6.45) is 5.63. The zero-order valence-corrected chi connectivity index (χ0v) is 10.8. The van der Waals surface area contributed by atoms with Gasteiger partial charge in [0.2, 0.25) is 0 Å². The first kappa shape index (κ1) is 11.9. The van der Waals surface area contributed by atoms with Gasteiger partial charge in [-0.05, 0) is 18.6 Å². The molecule has 0 saturated heterocycles. The van der Waals surface area contributed by atoms with Gasteiger partial charge in [-0.25, -0.2) is 4.98 Å². The minimum Gasteiger partial charge on any atom is -0.306 e. The molecule has 0 aromatic carbocycles. The van der Waals surface area contributed by atoms with Crippen LogP contribution < -0.4 is 5.32 Å². The first-order valence-corrected chi connectivity index (χ1v) is 7.04. The monoisotopic (exact) mass is 240 g/mol. The van der Waals surface area contributed by atoms with Crippen LogP contribution in [0.15, 0.2) is 6.33 Å². The summed E-state index contributed by atoms with van der Waals surface area (Å²) >= 11 is 2.08. The highest BCUT2D eigenvalue weighted by Gasteiger charge is 2.26. The molecule has 1 fully saturated rings. The van der Waals surface area contributed by atoms with E-state index in [0.29, 0.717) is 6.04 Å². The summed E-state index contributed by atoms with van der Waals surface area (Å²) in [5, 5.41) is 8.48. The third kappa shape index (κ3) is 2.77. The largest absolute Gasteiger partial charge is 0.306 e. The fraction of sp³-hybridized carbons (Fsp3) is 0.818. The van der Waals surface area contributed by atoms with Crippen LogP contribution in [0.2, 0.25) is 0 Å². The summed E-state index contributed by atoms with van der Waals surface area (Å²) in [4.78, 5) is 4.23. The molecule has 1 N–H and O–H groups in total. The van der Waals surface area contributed by atoms with Crippen LogP contribution in [0.5, 0.6) is 0 Å². The van der Waals surface area contributed by atoms with Gasteiger partial charge in [-0.15, -0.1) is 0 Å². The molecule has 1 aromatic rings. The number of aromatic nitrogens is 3. The number of nitrogens with zero attached hydrogens (tertiary/aromatic N) is 3. The van der Waals surface area contributed by atoms with Crippen molar-refractivity contribution in [3.63, 3.8) is 0 Å². The molecule has 0 aliphatic heterocycles. The Bertz CT molecular complexity index is 326. The van der Waals surface area contributed by atoms with Gasteiger partial charge in [0.25, 0.3) is 0 Å². The maximum absolute atomic E-state index is 4.23. The minimum absolute atomic E-state index is 0.654. The highest BCUT2D eigenvalue weighted by Crippen LogP contribution is 2.29. The van der Waals surface area contributed by atoms with E-state index in [4.69, 9.17) is 0 Å². The third-order valence-electron chi connectivity index (χ3n) is 3.16. The first-order chi connectivity index (χ1) is 7.81. The molecule has 0 radical (unpaired) electrons. The second kappa shape index (κ2) is 5.68. The van der Waals surface area contributed by atoms with E-state index >= 15 is 0 Å². The van der Waals surface area contributed by atoms with Crippen molar-refractivity contribution >= 4 is 11.8 Å². The van der Waals surface area contributed by atoms with Crippen molar-refractivity contribution in [2.45, 2.75) is 44.0 Å². The Morgan fingerprint density at radius 1 is 1.56 bits per heavy atom. The maximum Gasteiger partial charge on any atom is 0.140 e. The van der Waals surface area contributed by atoms with Gasteiger partial charge in [0.05, 0.1) is 6.54 Å². The van der Waals surface area contributed by atoms with E-state index in [0.717, 1.165) is 17.6 Å². The number of nitrogens with one attached hydrogen (secondary N) is 1. The van der Waals surface area contributed by atoms with Crippen molar-refractivity contribution in [3.05, 3.63) is 12.2 Å². The maximum atomic E-state index is 4.23. The Morgan fingerprint density at radius 3 is 3.12 bits per heavy atom. The number of aryl methyl sites for hydroxylation is 1. The van der Waals surface area contributed by atoms with Crippen LogP contribution in [-0.4, -0.2) is 31.8 Å². The van der Waals surface area contributed by atoms with Crippen molar-refractivity contribution in [1.29, 1.82) is 0 Å². The summed E-state index contributed by atoms with van der Waals surface area (Å²) < 4.78 is 1.84. The second-order valence-electron chi connectivity index (χ2n) is 4.21. The highest BCUT2D eigenvalue weighted by atomic mass is 32.2. The molecule has 2 rings (SSSR count). The lowest BCUT2D eigenvalue weighted by molar-refractivity contribution is 0.508. The van der Waals surface area contributed by atoms with Crippen LogP contribution in [0.25, 0.3) is 0 Å². The molecule has 0 spiro atoms. The number of hydrogen-bond donors (Lipinski definition) is 1. The Labute approximate surface area is 101 Å². The van der Waals surface area contributed by atoms with Gasteiger partial charge in [-0.1, -0.05) is 13.3 Å². The lowest BCUT2D eigenvalue weighted by Crippen LogP contribution is -2.34. The van der Waals surface area contributed by atoms with Crippen LogP contribution in [0.3, 0.4) is 0 Å². The van der Waals surface area contributed by atoms with Crippen LogP contribution in [0.1, 0.15) is 32.0 Å². The van der Waals surface area contributed by atoms with Gasteiger partial charge in [0.15, 0.2) is 0 Å². The van der Waals surface area contributed by atoms with Crippen molar-refractivity contribution < 1.29 is 0 Å². The normalized spacial score (nSPS) is 25.1. The molecule has 5 heteroatoms. The molecule has 16 heavy (non-hydrogen) atoms. The fourth-order valence-electron chi connectivity index (χ4n) is 2.28. The number of rotatable bonds is 5. The molecule has 4 nitrogen and oxygen atoms in total. The Morgan fingerprint density at radius 2 is 2.44 bits per heavy atom. The highest BCUT2D eigenvalue weighted by molar-refractivity contribution is 7.99. The zero-order chi connectivity index (χ0) is 11.4. The number of thioether (sulfide) groups is 1. The van der Waals surface area contributed by atoms with Crippen molar-refractivity contribution in [1.82, 2.24) is 20.1 Å². The standard InChI is InChI=1S/C11H20N4S/c1-3-16-10-6-4-5-9(10)12-7-11-13-8-14-15(11)2/h8-10,12H,3-7H2,1-2H3. The molecule has 2 unspecified atom stereocenters. The average molecular weight is 240 g/mol. The van der Waals surface area contributed by atoms with Gasteiger partial charge >= 0.3 is 0 Å². The molecule has 1 aromatic heterocycles. The summed E-state index contributed by atoms with van der Waals surface area (Å²) in [5.74, 6) is 2.24. The first-order valence-electron chi connectivity index (χ1n) is 5.99. The average Bonchev–Trinajstić information content (AvgIpc) is 2.86. The van der Waals surface area contributed by atoms with Crippen molar-refractivity contribution in [2.75, 3.05) is 5.75 Å². The topological polar surface area (TPSA) is 42.7 Å². The van der Waals surface area contributed by atoms with Crippen LogP contribution in [0, 0.1) is 0 Å². The van der Waals surface area contributed by atoms with E-state index < -0.39 is 0 Å². The predicted molar refractivity (Wildman–Crippen MR) is 67.4 cm³/mol. The lowest BCUT2D eigenvalue weighted by atomic mass is 10.2. The number of hydrogen-bond acceptors (Lipinski definition) is 4. The van der Waals surface area contributed by atoms with E-state index in [-0.39, 0.29) is 0 Å². The summed E-state index contributed by atoms with van der Waals surface area (Å²) in [7, 11) is 1.94. The van der Waals surface area contributed by atoms with Gasteiger partial charge in [-0.2, -0.15) is 16.9 Å². The molecule has 0 bridgehead atoms. The van der Waals surface area contributed by atoms with Crippen molar-refractivity contribution in [3.8, 4) is 0 Å². The summed E-state index contributed by atoms with van der Waals surface area (Å²) in [6.45, 7) is 3.07.